The summed E-state index contributed by atoms with van der Waals surface area (Å²) in [5.41, 5.74) is -0.975. The Bertz CT molecular complexity index is 478. The first-order valence-corrected chi connectivity index (χ1v) is 6.56. The standard InChI is InChI=1S/C10H14NO6P/c1-10(2,3)17-18(14,15)16-9-6-4-8(5-7-9)11(12)13/h4-7H,1-3H3,(H,14,15). The van der Waals surface area contributed by atoms with Crippen molar-refractivity contribution >= 4 is 13.5 Å². The molecule has 0 radical (unpaired) electrons. The van der Waals surface area contributed by atoms with Crippen LogP contribution < -0.4 is 4.52 Å². The van der Waals surface area contributed by atoms with Gasteiger partial charge >= 0.3 is 7.82 Å². The van der Waals surface area contributed by atoms with Gasteiger partial charge in [0, 0.05) is 12.1 Å². The highest BCUT2D eigenvalue weighted by atomic mass is 31.2. The van der Waals surface area contributed by atoms with Crippen LogP contribution in [0.15, 0.2) is 24.3 Å². The average molecular weight is 275 g/mol. The van der Waals surface area contributed by atoms with E-state index in [-0.39, 0.29) is 11.4 Å². The van der Waals surface area contributed by atoms with Crippen LogP contribution in [0.25, 0.3) is 0 Å². The zero-order chi connectivity index (χ0) is 14.0. The lowest BCUT2D eigenvalue weighted by Crippen LogP contribution is -2.18. The van der Waals surface area contributed by atoms with Gasteiger partial charge in [-0.2, -0.15) is 0 Å². The van der Waals surface area contributed by atoms with Crippen molar-refractivity contribution < 1.29 is 23.4 Å². The molecule has 0 bridgehead atoms. The SMILES string of the molecule is CC(C)(C)OP(=O)(O)Oc1ccc([N+](=O)[O-])cc1. The summed E-state index contributed by atoms with van der Waals surface area (Å²) in [5.74, 6) is 0.0238. The molecule has 7 nitrogen and oxygen atoms in total. The minimum absolute atomic E-state index is 0.0238. The monoisotopic (exact) mass is 275 g/mol. The lowest BCUT2D eigenvalue weighted by atomic mass is 10.2. The molecule has 1 N–H and O–H groups in total. The molecule has 18 heavy (non-hydrogen) atoms. The van der Waals surface area contributed by atoms with Crippen molar-refractivity contribution in [3.8, 4) is 5.75 Å². The summed E-state index contributed by atoms with van der Waals surface area (Å²) in [6.45, 7) is 4.82. The predicted molar refractivity (Wildman–Crippen MR) is 64.4 cm³/mol. The van der Waals surface area contributed by atoms with Crippen molar-refractivity contribution in [1.82, 2.24) is 0 Å². The molecule has 0 saturated carbocycles. The van der Waals surface area contributed by atoms with Crippen molar-refractivity contribution in [2.75, 3.05) is 0 Å². The third-order valence-corrected chi connectivity index (χ3v) is 2.88. The second-order valence-electron chi connectivity index (χ2n) is 4.51. The minimum Gasteiger partial charge on any atom is -0.404 e. The number of phosphoric ester groups is 1. The maximum atomic E-state index is 11.6. The van der Waals surface area contributed by atoms with E-state index in [1.54, 1.807) is 20.8 Å². The normalized spacial score (nSPS) is 14.9. The molecule has 0 saturated heterocycles. The third-order valence-electron chi connectivity index (χ3n) is 1.66. The van der Waals surface area contributed by atoms with E-state index in [0.717, 1.165) is 0 Å². The number of rotatable bonds is 4. The summed E-state index contributed by atoms with van der Waals surface area (Å²) in [7, 11) is -4.24. The van der Waals surface area contributed by atoms with E-state index in [1.165, 1.54) is 24.3 Å². The maximum absolute atomic E-state index is 11.6. The van der Waals surface area contributed by atoms with Gasteiger partial charge in [-0.05, 0) is 32.9 Å². The summed E-state index contributed by atoms with van der Waals surface area (Å²) >= 11 is 0. The molecule has 0 aromatic heterocycles. The molecule has 0 aliphatic heterocycles. The molecule has 0 amide bonds. The zero-order valence-corrected chi connectivity index (χ0v) is 11.1. The first-order chi connectivity index (χ1) is 8.09. The second kappa shape index (κ2) is 5.06. The van der Waals surface area contributed by atoms with Crippen molar-refractivity contribution in [2.45, 2.75) is 26.4 Å². The molecular formula is C10H14NO6P. The Balaban J connectivity index is 2.78. The van der Waals surface area contributed by atoms with Gasteiger partial charge in [-0.1, -0.05) is 0 Å². The van der Waals surface area contributed by atoms with Crippen LogP contribution in [0, 0.1) is 10.1 Å². The molecule has 0 fully saturated rings. The highest BCUT2D eigenvalue weighted by Gasteiger charge is 2.30. The van der Waals surface area contributed by atoms with Gasteiger partial charge in [0.1, 0.15) is 5.75 Å². The van der Waals surface area contributed by atoms with Crippen molar-refractivity contribution in [3.05, 3.63) is 34.4 Å². The van der Waals surface area contributed by atoms with Crippen LogP contribution in [0.4, 0.5) is 5.69 Å². The smallest absolute Gasteiger partial charge is 0.404 e. The Morgan fingerprint density at radius 3 is 2.17 bits per heavy atom. The molecule has 0 aliphatic rings. The van der Waals surface area contributed by atoms with Crippen LogP contribution in [0.1, 0.15) is 20.8 Å². The van der Waals surface area contributed by atoms with E-state index in [2.05, 4.69) is 0 Å². The molecule has 100 valence electrons. The summed E-state index contributed by atoms with van der Waals surface area (Å²) in [6.07, 6.45) is 0. The number of phosphoric acid groups is 1. The molecule has 8 heteroatoms. The largest absolute Gasteiger partial charge is 0.527 e. The van der Waals surface area contributed by atoms with Crippen LogP contribution in [-0.4, -0.2) is 15.4 Å². The van der Waals surface area contributed by atoms with Crippen molar-refractivity contribution in [2.24, 2.45) is 0 Å². The second-order valence-corrected chi connectivity index (χ2v) is 5.82. The molecule has 0 aliphatic carbocycles. The number of benzene rings is 1. The van der Waals surface area contributed by atoms with Gasteiger partial charge in [0.15, 0.2) is 0 Å². The molecule has 1 atom stereocenters. The first kappa shape index (κ1) is 14.6. The van der Waals surface area contributed by atoms with E-state index in [0.29, 0.717) is 0 Å². The fourth-order valence-corrected chi connectivity index (χ4v) is 2.24. The Morgan fingerprint density at radius 1 is 1.28 bits per heavy atom. The summed E-state index contributed by atoms with van der Waals surface area (Å²) in [4.78, 5) is 19.3. The molecule has 0 heterocycles. The Morgan fingerprint density at radius 2 is 1.78 bits per heavy atom. The zero-order valence-electron chi connectivity index (χ0n) is 10.2. The summed E-state index contributed by atoms with van der Waals surface area (Å²) in [5, 5.41) is 10.4. The highest BCUT2D eigenvalue weighted by molar-refractivity contribution is 7.47. The summed E-state index contributed by atoms with van der Waals surface area (Å²) in [6, 6.07) is 4.80. The van der Waals surface area contributed by atoms with Gasteiger partial charge < -0.3 is 4.52 Å². The number of nitro benzene ring substituents is 1. The number of non-ortho nitro benzene ring substituents is 1. The Labute approximate surface area is 104 Å². The van der Waals surface area contributed by atoms with Gasteiger partial charge in [0.05, 0.1) is 10.5 Å². The molecule has 1 rings (SSSR count). The van der Waals surface area contributed by atoms with E-state index < -0.39 is 18.3 Å². The highest BCUT2D eigenvalue weighted by Crippen LogP contribution is 2.47. The number of nitro groups is 1. The first-order valence-electron chi connectivity index (χ1n) is 5.07. The molecule has 0 spiro atoms. The topological polar surface area (TPSA) is 98.9 Å². The fourth-order valence-electron chi connectivity index (χ4n) is 1.13. The molecule has 1 aromatic rings. The van der Waals surface area contributed by atoms with E-state index in [1.807, 2.05) is 0 Å². The quantitative estimate of drug-likeness (QED) is 0.515. The van der Waals surface area contributed by atoms with Gasteiger partial charge in [-0.3, -0.25) is 19.5 Å². The van der Waals surface area contributed by atoms with Gasteiger partial charge in [0.2, 0.25) is 0 Å². The van der Waals surface area contributed by atoms with Crippen molar-refractivity contribution in [1.29, 1.82) is 0 Å². The third kappa shape index (κ3) is 4.83. The van der Waals surface area contributed by atoms with Crippen LogP contribution in [0.3, 0.4) is 0 Å². The lowest BCUT2D eigenvalue weighted by molar-refractivity contribution is -0.384. The number of hydrogen-bond donors (Lipinski definition) is 1. The maximum Gasteiger partial charge on any atom is 0.527 e. The van der Waals surface area contributed by atoms with Crippen LogP contribution in [0.2, 0.25) is 0 Å². The number of hydrogen-bond acceptors (Lipinski definition) is 5. The van der Waals surface area contributed by atoms with E-state index >= 15 is 0 Å². The summed E-state index contributed by atoms with van der Waals surface area (Å²) < 4.78 is 21.2. The van der Waals surface area contributed by atoms with E-state index in [4.69, 9.17) is 9.05 Å². The lowest BCUT2D eigenvalue weighted by Gasteiger charge is -2.22. The van der Waals surface area contributed by atoms with Gasteiger partial charge in [-0.25, -0.2) is 4.57 Å². The van der Waals surface area contributed by atoms with E-state index in [9.17, 15) is 19.6 Å². The Kier molecular flexibility index (Phi) is 4.11. The molecule has 1 unspecified atom stereocenters. The molecular weight excluding hydrogens is 261 g/mol. The van der Waals surface area contributed by atoms with Crippen molar-refractivity contribution in [3.63, 3.8) is 0 Å². The van der Waals surface area contributed by atoms with Crippen LogP contribution in [0.5, 0.6) is 5.75 Å². The average Bonchev–Trinajstić information content (AvgIpc) is 2.13. The number of nitrogens with zero attached hydrogens (tertiary/aromatic N) is 1. The van der Waals surface area contributed by atoms with Crippen LogP contribution >= 0.6 is 7.82 Å². The minimum atomic E-state index is -4.24. The predicted octanol–water partition coefficient (Wildman–Crippen LogP) is 2.89. The van der Waals surface area contributed by atoms with Gasteiger partial charge in [0.25, 0.3) is 5.69 Å². The van der Waals surface area contributed by atoms with Crippen LogP contribution in [-0.2, 0) is 9.09 Å². The Hall–Kier alpha value is -1.43. The molecule has 1 aromatic carbocycles. The van der Waals surface area contributed by atoms with Gasteiger partial charge in [-0.15, -0.1) is 0 Å². The fraction of sp³-hybridized carbons (Fsp3) is 0.400.